The fraction of sp³-hybridized carbons (Fsp3) is 0.800. The highest BCUT2D eigenvalue weighted by Gasteiger charge is 2.23. The highest BCUT2D eigenvalue weighted by Crippen LogP contribution is 2.18. The smallest absolute Gasteiger partial charge is 0.234 e. The van der Waals surface area contributed by atoms with Gasteiger partial charge in [-0.05, 0) is 32.7 Å². The third-order valence-corrected chi connectivity index (χ3v) is 3.87. The van der Waals surface area contributed by atoms with E-state index in [1.165, 1.54) is 0 Å². The van der Waals surface area contributed by atoms with Crippen molar-refractivity contribution < 1.29 is 14.4 Å². The molecule has 22 heavy (non-hydrogen) atoms. The van der Waals surface area contributed by atoms with Crippen molar-refractivity contribution in [1.82, 2.24) is 20.4 Å². The Hall–Kier alpha value is -1.63. The van der Waals surface area contributed by atoms with E-state index in [2.05, 4.69) is 10.6 Å². The van der Waals surface area contributed by atoms with Crippen LogP contribution in [0.2, 0.25) is 0 Å². The van der Waals surface area contributed by atoms with E-state index in [1.807, 2.05) is 4.90 Å². The van der Waals surface area contributed by atoms with Gasteiger partial charge in [0.05, 0.1) is 13.1 Å². The molecule has 7 heteroatoms. The lowest BCUT2D eigenvalue weighted by Crippen LogP contribution is -2.41. The quantitative estimate of drug-likeness (QED) is 0.553. The first-order chi connectivity index (χ1) is 10.5. The molecule has 7 nitrogen and oxygen atoms in total. The number of carbonyl (C=O) groups excluding carboxylic acids is 3. The number of rotatable bonds is 9. The van der Waals surface area contributed by atoms with Gasteiger partial charge < -0.3 is 15.5 Å². The summed E-state index contributed by atoms with van der Waals surface area (Å²) in [6, 6.07) is 0.350. The van der Waals surface area contributed by atoms with Crippen LogP contribution in [0.25, 0.3) is 0 Å². The molecule has 3 amide bonds. The van der Waals surface area contributed by atoms with Gasteiger partial charge in [-0.3, -0.25) is 19.3 Å². The van der Waals surface area contributed by atoms with Crippen molar-refractivity contribution in [2.45, 2.75) is 38.1 Å². The maximum absolute atomic E-state index is 11.8. The Morgan fingerprint density at radius 3 is 2.64 bits per heavy atom. The van der Waals surface area contributed by atoms with E-state index in [0.717, 1.165) is 32.2 Å². The lowest BCUT2D eigenvalue weighted by atomic mass is 10.3. The Bertz CT molecular complexity index is 423. The van der Waals surface area contributed by atoms with Crippen LogP contribution in [0.4, 0.5) is 0 Å². The van der Waals surface area contributed by atoms with Crippen LogP contribution in [0.1, 0.15) is 32.1 Å². The zero-order valence-corrected chi connectivity index (χ0v) is 13.3. The normalized spacial score (nSPS) is 17.9. The average Bonchev–Trinajstić information content (AvgIpc) is 3.15. The first-order valence-corrected chi connectivity index (χ1v) is 8.07. The molecule has 2 rings (SSSR count). The molecule has 1 aliphatic heterocycles. The maximum Gasteiger partial charge on any atom is 0.234 e. The number of likely N-dealkylation sites (tertiary alicyclic amines) is 1. The summed E-state index contributed by atoms with van der Waals surface area (Å²) in [5, 5.41) is 5.72. The molecular formula is C15H26N4O3. The highest BCUT2D eigenvalue weighted by molar-refractivity contribution is 5.81. The molecule has 0 spiro atoms. The summed E-state index contributed by atoms with van der Waals surface area (Å²) in [5.74, 6) is 0.104. The van der Waals surface area contributed by atoms with Crippen LogP contribution >= 0.6 is 0 Å². The van der Waals surface area contributed by atoms with Crippen LogP contribution in [0.5, 0.6) is 0 Å². The Labute approximate surface area is 131 Å². The summed E-state index contributed by atoms with van der Waals surface area (Å²) in [6.45, 7) is 2.56. The van der Waals surface area contributed by atoms with E-state index in [0.29, 0.717) is 25.6 Å². The predicted octanol–water partition coefficient (Wildman–Crippen LogP) is -0.674. The van der Waals surface area contributed by atoms with Gasteiger partial charge in [0.25, 0.3) is 0 Å². The van der Waals surface area contributed by atoms with E-state index >= 15 is 0 Å². The minimum atomic E-state index is -0.0885. The number of amides is 3. The molecule has 1 saturated heterocycles. The maximum atomic E-state index is 11.8. The minimum Gasteiger partial charge on any atom is -0.355 e. The van der Waals surface area contributed by atoms with Crippen molar-refractivity contribution in [3.63, 3.8) is 0 Å². The lowest BCUT2D eigenvalue weighted by Gasteiger charge is -2.17. The molecule has 2 fully saturated rings. The van der Waals surface area contributed by atoms with Gasteiger partial charge in [-0.2, -0.15) is 0 Å². The molecule has 0 aromatic rings. The van der Waals surface area contributed by atoms with E-state index < -0.39 is 0 Å². The summed E-state index contributed by atoms with van der Waals surface area (Å²) in [6.07, 6.45) is 4.49. The average molecular weight is 310 g/mol. The number of hydrogen-bond donors (Lipinski definition) is 2. The first-order valence-electron chi connectivity index (χ1n) is 8.07. The topological polar surface area (TPSA) is 81.8 Å². The summed E-state index contributed by atoms with van der Waals surface area (Å²) >= 11 is 0. The van der Waals surface area contributed by atoms with Gasteiger partial charge in [-0.1, -0.05) is 0 Å². The fourth-order valence-electron chi connectivity index (χ4n) is 2.54. The second-order valence-electron chi connectivity index (χ2n) is 6.20. The predicted molar refractivity (Wildman–Crippen MR) is 82.1 cm³/mol. The lowest BCUT2D eigenvalue weighted by molar-refractivity contribution is -0.127. The van der Waals surface area contributed by atoms with Gasteiger partial charge in [0, 0.05) is 32.1 Å². The van der Waals surface area contributed by atoms with Crippen molar-refractivity contribution >= 4 is 17.7 Å². The van der Waals surface area contributed by atoms with E-state index in [4.69, 9.17) is 0 Å². The van der Waals surface area contributed by atoms with Crippen LogP contribution in [0, 0.1) is 0 Å². The third kappa shape index (κ3) is 6.01. The van der Waals surface area contributed by atoms with Crippen molar-refractivity contribution in [3.8, 4) is 0 Å². The van der Waals surface area contributed by atoms with Gasteiger partial charge in [0.15, 0.2) is 0 Å². The summed E-state index contributed by atoms with van der Waals surface area (Å²) in [4.78, 5) is 38.3. The fourth-order valence-corrected chi connectivity index (χ4v) is 2.54. The van der Waals surface area contributed by atoms with Gasteiger partial charge in [-0.15, -0.1) is 0 Å². The number of hydrogen-bond acceptors (Lipinski definition) is 4. The monoisotopic (exact) mass is 310 g/mol. The van der Waals surface area contributed by atoms with Gasteiger partial charge in [0.1, 0.15) is 0 Å². The minimum absolute atomic E-state index is 0.0228. The van der Waals surface area contributed by atoms with Gasteiger partial charge in [0.2, 0.25) is 17.7 Å². The Kier molecular flexibility index (Phi) is 6.18. The number of carbonyl (C=O) groups is 3. The molecule has 124 valence electrons. The molecule has 0 bridgehead atoms. The number of nitrogens with zero attached hydrogens (tertiary/aromatic N) is 2. The molecule has 0 radical (unpaired) electrons. The molecule has 0 aromatic heterocycles. The first kappa shape index (κ1) is 16.7. The molecule has 1 saturated carbocycles. The van der Waals surface area contributed by atoms with Crippen LogP contribution in [0.15, 0.2) is 0 Å². The second kappa shape index (κ2) is 8.12. The number of likely N-dealkylation sites (N-methyl/N-ethyl adjacent to an activating group) is 1. The third-order valence-electron chi connectivity index (χ3n) is 3.87. The molecule has 1 aliphatic carbocycles. The standard InChI is InChI=1S/C15H26N4O3/c1-18(11-14(21)17-12-5-6-12)10-13(20)16-7-3-9-19-8-2-4-15(19)22/h12H,2-11H2,1H3,(H,16,20)(H,17,21). The number of nitrogens with one attached hydrogen (secondary N) is 2. The zero-order valence-electron chi connectivity index (χ0n) is 13.3. The molecule has 2 N–H and O–H groups in total. The van der Waals surface area contributed by atoms with Crippen molar-refractivity contribution in [1.29, 1.82) is 0 Å². The van der Waals surface area contributed by atoms with Crippen molar-refractivity contribution in [2.24, 2.45) is 0 Å². The van der Waals surface area contributed by atoms with E-state index in [1.54, 1.807) is 11.9 Å². The van der Waals surface area contributed by atoms with Crippen LogP contribution in [0.3, 0.4) is 0 Å². The molecule has 0 atom stereocenters. The van der Waals surface area contributed by atoms with Crippen LogP contribution in [-0.4, -0.2) is 73.3 Å². The summed E-state index contributed by atoms with van der Waals surface area (Å²) < 4.78 is 0. The van der Waals surface area contributed by atoms with Gasteiger partial charge >= 0.3 is 0 Å². The second-order valence-corrected chi connectivity index (χ2v) is 6.20. The van der Waals surface area contributed by atoms with Crippen LogP contribution in [-0.2, 0) is 14.4 Å². The zero-order chi connectivity index (χ0) is 15.9. The molecule has 0 aromatic carbocycles. The SMILES string of the molecule is CN(CC(=O)NCCCN1CCCC1=O)CC(=O)NC1CC1. The molecule has 0 unspecified atom stereocenters. The Morgan fingerprint density at radius 2 is 2.00 bits per heavy atom. The van der Waals surface area contributed by atoms with E-state index in [-0.39, 0.29) is 30.8 Å². The van der Waals surface area contributed by atoms with Crippen LogP contribution < -0.4 is 10.6 Å². The molecular weight excluding hydrogens is 284 g/mol. The van der Waals surface area contributed by atoms with Gasteiger partial charge in [-0.25, -0.2) is 0 Å². The Morgan fingerprint density at radius 1 is 1.27 bits per heavy atom. The molecule has 1 heterocycles. The summed E-state index contributed by atoms with van der Waals surface area (Å²) in [7, 11) is 1.76. The van der Waals surface area contributed by atoms with Crippen molar-refractivity contribution in [2.75, 3.05) is 39.8 Å². The molecule has 2 aliphatic rings. The highest BCUT2D eigenvalue weighted by atomic mass is 16.2. The Balaban J connectivity index is 1.51. The largest absolute Gasteiger partial charge is 0.355 e. The van der Waals surface area contributed by atoms with Crippen molar-refractivity contribution in [3.05, 3.63) is 0 Å². The summed E-state index contributed by atoms with van der Waals surface area (Å²) in [5.41, 5.74) is 0. The van der Waals surface area contributed by atoms with E-state index in [9.17, 15) is 14.4 Å².